The summed E-state index contributed by atoms with van der Waals surface area (Å²) in [6, 6.07) is 0. The molecule has 0 aromatic carbocycles. The van der Waals surface area contributed by atoms with Crippen molar-refractivity contribution in [3.63, 3.8) is 0 Å². The maximum atomic E-state index is 5.98. The van der Waals surface area contributed by atoms with E-state index in [4.69, 9.17) is 14.2 Å². The molecule has 1 aliphatic heterocycles. The normalized spacial score (nSPS) is 46.5. The SMILES string of the molecule is CO[C@@H]1O[C@@H](OC)[C@H]2C1=CC[C@H]1C(C)(C)CCC[C@]21C. The van der Waals surface area contributed by atoms with Crippen LogP contribution in [0.2, 0.25) is 0 Å². The van der Waals surface area contributed by atoms with Crippen LogP contribution in [0.15, 0.2) is 11.6 Å². The minimum Gasteiger partial charge on any atom is -0.355 e. The van der Waals surface area contributed by atoms with Gasteiger partial charge in [-0.15, -0.1) is 0 Å². The van der Waals surface area contributed by atoms with Crippen molar-refractivity contribution in [3.05, 3.63) is 11.6 Å². The highest BCUT2D eigenvalue weighted by molar-refractivity contribution is 5.25. The van der Waals surface area contributed by atoms with E-state index in [-0.39, 0.29) is 18.0 Å². The highest BCUT2D eigenvalue weighted by atomic mass is 16.8. The molecule has 5 atom stereocenters. The Morgan fingerprint density at radius 3 is 2.55 bits per heavy atom. The molecule has 0 unspecified atom stereocenters. The van der Waals surface area contributed by atoms with Crippen molar-refractivity contribution in [1.82, 2.24) is 0 Å². The van der Waals surface area contributed by atoms with Crippen molar-refractivity contribution in [1.29, 1.82) is 0 Å². The van der Waals surface area contributed by atoms with Crippen LogP contribution in [0.3, 0.4) is 0 Å². The number of methoxy groups -OCH3 is 2. The standard InChI is InChI=1S/C17H28O3/c1-16(2)9-6-10-17(3)12(16)8-7-11-13(17)15(19-5)20-14(11)18-4/h7,12-15H,6,8-10H2,1-5H3/t12-,13+,14+,15+,17-/m0/s1. The summed E-state index contributed by atoms with van der Waals surface area (Å²) in [4.78, 5) is 0. The largest absolute Gasteiger partial charge is 0.355 e. The average molecular weight is 280 g/mol. The summed E-state index contributed by atoms with van der Waals surface area (Å²) in [6.45, 7) is 7.31. The highest BCUT2D eigenvalue weighted by Gasteiger charge is 2.59. The fourth-order valence-corrected chi connectivity index (χ4v) is 5.26. The zero-order valence-corrected chi connectivity index (χ0v) is 13.4. The molecule has 0 bridgehead atoms. The maximum Gasteiger partial charge on any atom is 0.183 e. The molecule has 20 heavy (non-hydrogen) atoms. The van der Waals surface area contributed by atoms with Crippen molar-refractivity contribution >= 4 is 0 Å². The monoisotopic (exact) mass is 280 g/mol. The summed E-state index contributed by atoms with van der Waals surface area (Å²) in [7, 11) is 3.47. The van der Waals surface area contributed by atoms with E-state index in [1.54, 1.807) is 14.2 Å². The van der Waals surface area contributed by atoms with Crippen LogP contribution < -0.4 is 0 Å². The van der Waals surface area contributed by atoms with Gasteiger partial charge in [0.2, 0.25) is 0 Å². The van der Waals surface area contributed by atoms with Crippen LogP contribution in [-0.4, -0.2) is 26.8 Å². The number of hydrogen-bond acceptors (Lipinski definition) is 3. The van der Waals surface area contributed by atoms with Crippen molar-refractivity contribution in [2.45, 2.75) is 59.0 Å². The molecule has 1 heterocycles. The highest BCUT2D eigenvalue weighted by Crippen LogP contribution is 2.62. The smallest absolute Gasteiger partial charge is 0.183 e. The second kappa shape index (κ2) is 4.82. The molecule has 0 aromatic rings. The van der Waals surface area contributed by atoms with Crippen LogP contribution in [0.4, 0.5) is 0 Å². The first-order chi connectivity index (χ1) is 9.44. The number of rotatable bonds is 2. The van der Waals surface area contributed by atoms with Crippen molar-refractivity contribution in [3.8, 4) is 0 Å². The third kappa shape index (κ3) is 1.90. The van der Waals surface area contributed by atoms with E-state index in [0.29, 0.717) is 17.3 Å². The zero-order valence-electron chi connectivity index (χ0n) is 13.4. The topological polar surface area (TPSA) is 27.7 Å². The van der Waals surface area contributed by atoms with Crippen LogP contribution in [-0.2, 0) is 14.2 Å². The Hall–Kier alpha value is -0.380. The van der Waals surface area contributed by atoms with Crippen molar-refractivity contribution in [2.24, 2.45) is 22.7 Å². The van der Waals surface area contributed by atoms with Gasteiger partial charge in [0, 0.05) is 20.1 Å². The van der Waals surface area contributed by atoms with E-state index < -0.39 is 0 Å². The average Bonchev–Trinajstić information content (AvgIpc) is 2.77. The lowest BCUT2D eigenvalue weighted by Crippen LogP contribution is -2.50. The quantitative estimate of drug-likeness (QED) is 0.721. The molecule has 114 valence electrons. The molecule has 0 aromatic heterocycles. The van der Waals surface area contributed by atoms with E-state index in [1.807, 2.05) is 0 Å². The number of ether oxygens (including phenoxy) is 3. The zero-order chi connectivity index (χ0) is 14.5. The Morgan fingerprint density at radius 1 is 1.15 bits per heavy atom. The summed E-state index contributed by atoms with van der Waals surface area (Å²) in [5, 5.41) is 0. The first-order valence-electron chi connectivity index (χ1n) is 7.85. The first kappa shape index (κ1) is 14.6. The Balaban J connectivity index is 2.02. The molecule has 0 spiro atoms. The summed E-state index contributed by atoms with van der Waals surface area (Å²) in [6.07, 6.45) is 7.04. The molecule has 1 saturated carbocycles. The summed E-state index contributed by atoms with van der Waals surface area (Å²) in [5.41, 5.74) is 1.98. The Morgan fingerprint density at radius 2 is 1.90 bits per heavy atom. The molecule has 2 aliphatic carbocycles. The third-order valence-corrected chi connectivity index (χ3v) is 6.18. The van der Waals surface area contributed by atoms with E-state index in [1.165, 1.54) is 24.8 Å². The molecule has 2 fully saturated rings. The van der Waals surface area contributed by atoms with Gasteiger partial charge in [-0.3, -0.25) is 0 Å². The molecule has 0 N–H and O–H groups in total. The summed E-state index contributed by atoms with van der Waals surface area (Å²) < 4.78 is 17.1. The fourth-order valence-electron chi connectivity index (χ4n) is 5.26. The van der Waals surface area contributed by atoms with Crippen LogP contribution >= 0.6 is 0 Å². The summed E-state index contributed by atoms with van der Waals surface area (Å²) >= 11 is 0. The van der Waals surface area contributed by atoms with Gasteiger partial charge in [-0.2, -0.15) is 0 Å². The van der Waals surface area contributed by atoms with Crippen molar-refractivity contribution in [2.75, 3.05) is 14.2 Å². The molecule has 0 amide bonds. The van der Waals surface area contributed by atoms with Crippen LogP contribution in [0.1, 0.15) is 46.5 Å². The van der Waals surface area contributed by atoms with Gasteiger partial charge in [0.05, 0.1) is 0 Å². The van der Waals surface area contributed by atoms with Crippen LogP contribution in [0, 0.1) is 22.7 Å². The van der Waals surface area contributed by atoms with Gasteiger partial charge >= 0.3 is 0 Å². The minimum atomic E-state index is -0.215. The van der Waals surface area contributed by atoms with Crippen LogP contribution in [0.5, 0.6) is 0 Å². The van der Waals surface area contributed by atoms with E-state index in [0.717, 1.165) is 6.42 Å². The lowest BCUT2D eigenvalue weighted by Gasteiger charge is -2.56. The van der Waals surface area contributed by atoms with Gasteiger partial charge in [0.1, 0.15) is 0 Å². The van der Waals surface area contributed by atoms with E-state index in [9.17, 15) is 0 Å². The molecule has 1 saturated heterocycles. The predicted octanol–water partition coefficient (Wildman–Crippen LogP) is 3.74. The van der Waals surface area contributed by atoms with Gasteiger partial charge in [0.15, 0.2) is 12.6 Å². The summed E-state index contributed by atoms with van der Waals surface area (Å²) in [5.74, 6) is 1.05. The minimum absolute atomic E-state index is 0.159. The first-order valence-corrected chi connectivity index (χ1v) is 7.85. The third-order valence-electron chi connectivity index (χ3n) is 6.18. The van der Waals surface area contributed by atoms with E-state index >= 15 is 0 Å². The van der Waals surface area contributed by atoms with Gasteiger partial charge in [-0.05, 0) is 41.6 Å². The van der Waals surface area contributed by atoms with Crippen LogP contribution in [0.25, 0.3) is 0 Å². The molecule has 3 nitrogen and oxygen atoms in total. The lowest BCUT2D eigenvalue weighted by atomic mass is 9.49. The number of hydrogen-bond donors (Lipinski definition) is 0. The molecular weight excluding hydrogens is 252 g/mol. The Kier molecular flexibility index (Phi) is 3.51. The van der Waals surface area contributed by atoms with Gasteiger partial charge < -0.3 is 14.2 Å². The Labute approximate surface area is 122 Å². The lowest BCUT2D eigenvalue weighted by molar-refractivity contribution is -0.205. The number of allylic oxidation sites excluding steroid dienone is 1. The molecular formula is C17H28O3. The molecule has 3 aliphatic rings. The fraction of sp³-hybridized carbons (Fsp3) is 0.882. The molecule has 3 heteroatoms. The second-order valence-electron chi connectivity index (χ2n) is 7.63. The van der Waals surface area contributed by atoms with E-state index in [2.05, 4.69) is 26.8 Å². The predicted molar refractivity (Wildman–Crippen MR) is 78.1 cm³/mol. The van der Waals surface area contributed by atoms with Gasteiger partial charge in [-0.25, -0.2) is 0 Å². The van der Waals surface area contributed by atoms with Crippen molar-refractivity contribution < 1.29 is 14.2 Å². The Bertz CT molecular complexity index is 414. The maximum absolute atomic E-state index is 5.98. The molecule has 3 rings (SSSR count). The second-order valence-corrected chi connectivity index (χ2v) is 7.63. The van der Waals surface area contributed by atoms with Gasteiger partial charge in [-0.1, -0.05) is 33.3 Å². The van der Waals surface area contributed by atoms with Gasteiger partial charge in [0.25, 0.3) is 0 Å². The number of fused-ring (bicyclic) bond motifs is 3. The molecule has 0 radical (unpaired) electrons.